The molecule has 0 bridgehead atoms. The number of hydrogen-bond acceptors (Lipinski definition) is 9. The first-order valence-corrected chi connectivity index (χ1v) is 21.8. The second-order valence-electron chi connectivity index (χ2n) is 17.6. The largest absolute Gasteiger partial charge is 0.451 e. The maximum atomic E-state index is 14.6. The summed E-state index contributed by atoms with van der Waals surface area (Å²) in [4.78, 5) is 102. The molecule has 0 aliphatic carbocycles. The number of benzene rings is 1. The zero-order chi connectivity index (χ0) is 47.8. The molecule has 0 radical (unpaired) electrons. The molecule has 352 valence electrons. The lowest BCUT2D eigenvalue weighted by molar-refractivity contribution is -0.166. The Bertz CT molecular complexity index is 1760. The highest BCUT2D eigenvalue weighted by molar-refractivity contribution is 5.97. The molecule has 0 saturated carbocycles. The second-order valence-corrected chi connectivity index (χ2v) is 17.6. The van der Waals surface area contributed by atoms with Gasteiger partial charge in [0.05, 0.1) is 12.5 Å². The molecule has 3 N–H and O–H groups in total. The summed E-state index contributed by atoms with van der Waals surface area (Å²) in [7, 11) is 3.82. The van der Waals surface area contributed by atoms with Crippen molar-refractivity contribution in [2.75, 3.05) is 21.1 Å². The van der Waals surface area contributed by atoms with Crippen LogP contribution in [0.3, 0.4) is 0 Å². The third-order valence-corrected chi connectivity index (χ3v) is 11.2. The van der Waals surface area contributed by atoms with E-state index in [2.05, 4.69) is 16.0 Å². The Labute approximate surface area is 370 Å². The molecular weight excluding hydrogens is 824 g/mol. The van der Waals surface area contributed by atoms with Gasteiger partial charge in [0.25, 0.3) is 5.91 Å². The molecule has 1 saturated heterocycles. The number of nitrogens with zero attached hydrogens (tertiary/aromatic N) is 4. The molecule has 0 aromatic heterocycles. The van der Waals surface area contributed by atoms with Gasteiger partial charge in [0.1, 0.15) is 36.3 Å². The maximum Gasteiger partial charge on any atom is 0.391 e. The second kappa shape index (κ2) is 25.2. The molecule has 1 aliphatic rings. The lowest BCUT2D eigenvalue weighted by Gasteiger charge is -2.35. The van der Waals surface area contributed by atoms with E-state index >= 15 is 0 Å². The minimum absolute atomic E-state index is 0.00104. The van der Waals surface area contributed by atoms with Crippen LogP contribution in [0.2, 0.25) is 0 Å². The average molecular weight is 892 g/mol. The number of carbonyl (C=O) groups excluding carboxylic acids is 7. The molecule has 1 aliphatic heterocycles. The molecule has 1 heterocycles. The smallest absolute Gasteiger partial charge is 0.391 e. The van der Waals surface area contributed by atoms with Crippen LogP contribution in [-0.4, -0.2) is 126 Å². The van der Waals surface area contributed by atoms with Crippen molar-refractivity contribution in [2.45, 2.75) is 161 Å². The van der Waals surface area contributed by atoms with Crippen molar-refractivity contribution in [1.82, 2.24) is 30.7 Å². The third kappa shape index (κ3) is 17.1. The van der Waals surface area contributed by atoms with Crippen LogP contribution in [0, 0.1) is 29.1 Å². The average Bonchev–Trinajstić information content (AvgIpc) is 3.21. The number of halogens is 3. The number of amides is 6. The van der Waals surface area contributed by atoms with E-state index in [1.54, 1.807) is 50.2 Å². The molecule has 1 fully saturated rings. The molecule has 63 heavy (non-hydrogen) atoms. The molecule has 8 atom stereocenters. The van der Waals surface area contributed by atoms with Gasteiger partial charge >= 0.3 is 12.1 Å². The lowest BCUT2D eigenvalue weighted by Crippen LogP contribution is -2.60. The fourth-order valence-corrected chi connectivity index (χ4v) is 7.42. The predicted octanol–water partition coefficient (Wildman–Crippen LogP) is 4.67. The number of cyclic esters (lactones) is 1. The van der Waals surface area contributed by atoms with Gasteiger partial charge in [-0.3, -0.25) is 28.8 Å². The molecule has 18 heteroatoms. The van der Waals surface area contributed by atoms with E-state index < -0.39 is 103 Å². The number of nitrogens with one attached hydrogen (secondary N) is 3. The van der Waals surface area contributed by atoms with E-state index in [0.29, 0.717) is 12.0 Å². The highest BCUT2D eigenvalue weighted by Gasteiger charge is 2.43. The summed E-state index contributed by atoms with van der Waals surface area (Å²) >= 11 is 0. The van der Waals surface area contributed by atoms with Crippen molar-refractivity contribution < 1.29 is 51.5 Å². The minimum atomic E-state index is -5.00. The van der Waals surface area contributed by atoms with Crippen LogP contribution in [0.4, 0.5) is 13.2 Å². The maximum absolute atomic E-state index is 14.6. The molecule has 0 spiro atoms. The highest BCUT2D eigenvalue weighted by Crippen LogP contribution is 2.25. The van der Waals surface area contributed by atoms with Gasteiger partial charge in [-0.25, -0.2) is 4.79 Å². The van der Waals surface area contributed by atoms with E-state index in [9.17, 15) is 52.0 Å². The number of ether oxygens (including phenoxy) is 1. The van der Waals surface area contributed by atoms with Crippen molar-refractivity contribution in [3.63, 3.8) is 0 Å². The molecule has 0 unspecified atom stereocenters. The lowest BCUT2D eigenvalue weighted by atomic mass is 9.94. The van der Waals surface area contributed by atoms with Gasteiger partial charge in [0.2, 0.25) is 29.5 Å². The molecule has 2 rings (SSSR count). The van der Waals surface area contributed by atoms with Crippen LogP contribution in [-0.2, 0) is 44.7 Å². The first kappa shape index (κ1) is 53.9. The predicted molar refractivity (Wildman–Crippen MR) is 229 cm³/mol. The Hall–Kier alpha value is -5.21. The standard InChI is InChI=1S/C45H68F3N7O8/c1-11-12-17-29(6)24-33-41(59)53(8)30(7)44(62)63-37(20-16-21-49)40(58)52-34(26-45(46,47)48)43(61)54(9)35(23-28(4)5)38(56)50-32(22-27(2)3)42(60)55(10)36(39(57)51-33)25-31-18-14-13-15-19-31/h13-15,18-19,27-30,32-37H,11-12,16-17,20,22-26H2,1-10H3,(H,50,56)(H,51,57)(H,52,58)/t29-,30+,32+,33+,34+,35+,36+,37-/m1/s1. The summed E-state index contributed by atoms with van der Waals surface area (Å²) in [6.45, 7) is 12.3. The Kier molecular flexibility index (Phi) is 21.6. The summed E-state index contributed by atoms with van der Waals surface area (Å²) in [5.41, 5.74) is 0.680. The van der Waals surface area contributed by atoms with Gasteiger partial charge in [-0.1, -0.05) is 91.1 Å². The number of hydrogen-bond donors (Lipinski definition) is 3. The third-order valence-electron chi connectivity index (χ3n) is 11.2. The van der Waals surface area contributed by atoms with Crippen molar-refractivity contribution in [3.05, 3.63) is 35.9 Å². The Morgan fingerprint density at radius 1 is 0.730 bits per heavy atom. The van der Waals surface area contributed by atoms with Crippen molar-refractivity contribution in [3.8, 4) is 6.07 Å². The number of alkyl halides is 3. The van der Waals surface area contributed by atoms with Crippen LogP contribution in [0.5, 0.6) is 0 Å². The molecule has 1 aromatic carbocycles. The molecule has 1 aromatic rings. The van der Waals surface area contributed by atoms with Gasteiger partial charge in [-0.15, -0.1) is 0 Å². The van der Waals surface area contributed by atoms with Gasteiger partial charge in [-0.2, -0.15) is 18.4 Å². The molecular formula is C45H68F3N7O8. The molecule has 6 amide bonds. The zero-order valence-electron chi connectivity index (χ0n) is 38.4. The highest BCUT2D eigenvalue weighted by atomic mass is 19.4. The van der Waals surface area contributed by atoms with Crippen molar-refractivity contribution in [2.24, 2.45) is 17.8 Å². The van der Waals surface area contributed by atoms with Crippen LogP contribution < -0.4 is 16.0 Å². The van der Waals surface area contributed by atoms with Gasteiger partial charge in [-0.05, 0) is 49.5 Å². The zero-order valence-corrected chi connectivity index (χ0v) is 38.4. The van der Waals surface area contributed by atoms with Gasteiger partial charge < -0.3 is 35.4 Å². The van der Waals surface area contributed by atoms with E-state index in [-0.39, 0.29) is 49.9 Å². The molecule has 15 nitrogen and oxygen atoms in total. The van der Waals surface area contributed by atoms with Crippen LogP contribution in [0.25, 0.3) is 0 Å². The Morgan fingerprint density at radius 3 is 1.78 bits per heavy atom. The van der Waals surface area contributed by atoms with E-state index in [1.807, 2.05) is 27.7 Å². The van der Waals surface area contributed by atoms with Crippen LogP contribution >= 0.6 is 0 Å². The topological polar surface area (TPSA) is 198 Å². The first-order chi connectivity index (χ1) is 29.4. The quantitative estimate of drug-likeness (QED) is 0.222. The number of carbonyl (C=O) groups is 7. The first-order valence-electron chi connectivity index (χ1n) is 21.8. The summed E-state index contributed by atoms with van der Waals surface area (Å²) in [5, 5.41) is 17.0. The van der Waals surface area contributed by atoms with E-state index in [0.717, 1.165) is 29.7 Å². The van der Waals surface area contributed by atoms with Gasteiger partial charge in [0.15, 0.2) is 6.10 Å². The fourth-order valence-electron chi connectivity index (χ4n) is 7.42. The monoisotopic (exact) mass is 892 g/mol. The fraction of sp³-hybridized carbons (Fsp3) is 0.689. The summed E-state index contributed by atoms with van der Waals surface area (Å²) in [6, 6.07) is 1.81. The number of likely N-dealkylation sites (N-methyl/N-ethyl adjacent to an activating group) is 3. The normalized spacial score (nSPS) is 25.0. The van der Waals surface area contributed by atoms with Crippen molar-refractivity contribution in [1.29, 1.82) is 5.26 Å². The van der Waals surface area contributed by atoms with Crippen LogP contribution in [0.15, 0.2) is 30.3 Å². The Morgan fingerprint density at radius 2 is 1.24 bits per heavy atom. The summed E-state index contributed by atoms with van der Waals surface area (Å²) in [5.74, 6) is -7.25. The minimum Gasteiger partial charge on any atom is -0.451 e. The number of rotatable bonds is 14. The number of esters is 1. The van der Waals surface area contributed by atoms with Gasteiger partial charge in [0, 0.05) is 40.4 Å². The SMILES string of the molecule is CCCC[C@@H](C)C[C@@H]1NC(=O)[C@H](Cc2ccccc2)N(C)C(=O)[C@H](CC(C)C)NC(=O)[C@H](CC(C)C)N(C)C(=O)[C@H](CC(F)(F)F)NC(=O)[C@@H](CCC#N)OC(=O)[C@H](C)N(C)C1=O. The number of unbranched alkanes of at least 4 members (excludes halogenated alkanes) is 1. The van der Waals surface area contributed by atoms with E-state index in [4.69, 9.17) is 4.74 Å². The van der Waals surface area contributed by atoms with Crippen molar-refractivity contribution >= 4 is 41.4 Å². The van der Waals surface area contributed by atoms with Crippen LogP contribution in [0.1, 0.15) is 112 Å². The van der Waals surface area contributed by atoms with E-state index in [1.165, 1.54) is 25.9 Å². The Balaban J connectivity index is 2.90. The summed E-state index contributed by atoms with van der Waals surface area (Å²) < 4.78 is 47.8. The summed E-state index contributed by atoms with van der Waals surface area (Å²) in [6.07, 6.45) is -6.98. The number of nitriles is 1.